The highest BCUT2D eigenvalue weighted by molar-refractivity contribution is 7.71. The highest BCUT2D eigenvalue weighted by atomic mass is 32.1. The molecule has 3 aromatic rings. The summed E-state index contributed by atoms with van der Waals surface area (Å²) in [6.07, 6.45) is 0.162. The van der Waals surface area contributed by atoms with Crippen molar-refractivity contribution in [1.29, 1.82) is 0 Å². The first kappa shape index (κ1) is 15.6. The van der Waals surface area contributed by atoms with Gasteiger partial charge >= 0.3 is 5.97 Å². The lowest BCUT2D eigenvalue weighted by molar-refractivity contribution is -0.142. The number of rotatable bonds is 5. The zero-order valence-corrected chi connectivity index (χ0v) is 14.0. The van der Waals surface area contributed by atoms with Crippen LogP contribution in [0.4, 0.5) is 10.9 Å². The van der Waals surface area contributed by atoms with E-state index in [0.29, 0.717) is 28.0 Å². The minimum atomic E-state index is -0.282. The van der Waals surface area contributed by atoms with Gasteiger partial charge in [0.25, 0.3) is 0 Å². The van der Waals surface area contributed by atoms with Crippen LogP contribution in [0.1, 0.15) is 12.6 Å². The van der Waals surface area contributed by atoms with Crippen molar-refractivity contribution in [3.05, 3.63) is 40.1 Å². The Morgan fingerprint density at radius 1 is 1.39 bits per heavy atom. The molecule has 8 heteroatoms. The van der Waals surface area contributed by atoms with E-state index in [-0.39, 0.29) is 12.4 Å². The number of H-pyrrole nitrogens is 1. The molecule has 0 fully saturated rings. The second-order valence-electron chi connectivity index (χ2n) is 4.69. The summed E-state index contributed by atoms with van der Waals surface area (Å²) in [5, 5.41) is 6.57. The molecule has 2 aromatic heterocycles. The topological polar surface area (TPSA) is 79.9 Å². The molecule has 0 saturated heterocycles. The molecule has 0 aliphatic carbocycles. The fourth-order valence-electron chi connectivity index (χ4n) is 2.11. The van der Waals surface area contributed by atoms with E-state index < -0.39 is 0 Å². The predicted molar refractivity (Wildman–Crippen MR) is 92.7 cm³/mol. The first-order valence-corrected chi connectivity index (χ1v) is 8.30. The van der Waals surface area contributed by atoms with Gasteiger partial charge in [0.05, 0.1) is 24.2 Å². The smallest absolute Gasteiger partial charge is 0.311 e. The third kappa shape index (κ3) is 3.72. The number of esters is 1. The van der Waals surface area contributed by atoms with E-state index in [4.69, 9.17) is 17.0 Å². The van der Waals surface area contributed by atoms with Gasteiger partial charge in [0.1, 0.15) is 5.82 Å². The van der Waals surface area contributed by atoms with Gasteiger partial charge in [0, 0.05) is 10.8 Å². The van der Waals surface area contributed by atoms with Crippen molar-refractivity contribution < 1.29 is 9.53 Å². The third-order valence-corrected chi connectivity index (χ3v) is 4.04. The molecule has 2 heterocycles. The van der Waals surface area contributed by atoms with Gasteiger partial charge in [-0.3, -0.25) is 4.79 Å². The van der Waals surface area contributed by atoms with Crippen molar-refractivity contribution >= 4 is 51.4 Å². The van der Waals surface area contributed by atoms with E-state index in [1.807, 2.05) is 29.6 Å². The normalized spacial score (nSPS) is 10.7. The first-order valence-electron chi connectivity index (χ1n) is 7.02. The molecule has 23 heavy (non-hydrogen) atoms. The summed E-state index contributed by atoms with van der Waals surface area (Å²) >= 11 is 6.55. The number of aromatic nitrogens is 3. The van der Waals surface area contributed by atoms with Gasteiger partial charge < -0.3 is 15.0 Å². The molecule has 3 rings (SSSR count). The molecule has 0 atom stereocenters. The molecule has 0 amide bonds. The van der Waals surface area contributed by atoms with Crippen molar-refractivity contribution in [3.63, 3.8) is 0 Å². The molecule has 0 aliphatic rings. The van der Waals surface area contributed by atoms with Crippen LogP contribution in [0.15, 0.2) is 29.6 Å². The van der Waals surface area contributed by atoms with Gasteiger partial charge in [-0.2, -0.15) is 0 Å². The van der Waals surface area contributed by atoms with Crippen molar-refractivity contribution in [2.24, 2.45) is 0 Å². The number of para-hydroxylation sites is 1. The predicted octanol–water partition coefficient (Wildman–Crippen LogP) is 3.60. The molecule has 0 unspecified atom stereocenters. The number of aromatic amines is 1. The second kappa shape index (κ2) is 6.84. The summed E-state index contributed by atoms with van der Waals surface area (Å²) in [5.41, 5.74) is 1.57. The van der Waals surface area contributed by atoms with Crippen molar-refractivity contribution in [2.75, 3.05) is 11.9 Å². The van der Waals surface area contributed by atoms with Crippen LogP contribution in [-0.4, -0.2) is 27.5 Å². The van der Waals surface area contributed by atoms with Crippen LogP contribution in [0, 0.1) is 4.77 Å². The van der Waals surface area contributed by atoms with E-state index in [0.717, 1.165) is 10.9 Å². The zero-order valence-electron chi connectivity index (χ0n) is 12.3. The number of carbonyl (C=O) groups excluding carboxylic acids is 1. The van der Waals surface area contributed by atoms with Crippen LogP contribution in [0.5, 0.6) is 0 Å². The number of anilines is 2. The number of nitrogens with one attached hydrogen (secondary N) is 2. The first-order chi connectivity index (χ1) is 11.2. The molecule has 1 aromatic carbocycles. The maximum absolute atomic E-state index is 11.5. The largest absolute Gasteiger partial charge is 0.466 e. The second-order valence-corrected chi connectivity index (χ2v) is 5.93. The molecule has 0 spiro atoms. The fraction of sp³-hybridized carbons (Fsp3) is 0.200. The Labute approximate surface area is 141 Å². The Balaban J connectivity index is 1.84. The van der Waals surface area contributed by atoms with E-state index >= 15 is 0 Å². The number of thiazole rings is 1. The lowest BCUT2D eigenvalue weighted by Crippen LogP contribution is -2.07. The van der Waals surface area contributed by atoms with Crippen molar-refractivity contribution in [2.45, 2.75) is 13.3 Å². The van der Waals surface area contributed by atoms with Gasteiger partial charge in [-0.1, -0.05) is 12.1 Å². The van der Waals surface area contributed by atoms with Gasteiger partial charge in [-0.05, 0) is 31.3 Å². The minimum absolute atomic E-state index is 0.162. The number of ether oxygens (including phenoxy) is 1. The summed E-state index contributed by atoms with van der Waals surface area (Å²) < 4.78 is 5.32. The Hall–Kier alpha value is -2.32. The van der Waals surface area contributed by atoms with E-state index in [2.05, 4.69) is 20.3 Å². The average molecular weight is 346 g/mol. The van der Waals surface area contributed by atoms with Gasteiger partial charge in [0.2, 0.25) is 0 Å². The van der Waals surface area contributed by atoms with Crippen LogP contribution in [-0.2, 0) is 16.0 Å². The molecule has 2 N–H and O–H groups in total. The standard InChI is InChI=1S/C15H14N4O2S2/c1-2-21-12(20)7-9-8-23-15(16-9)19-13-10-5-3-4-6-11(10)17-14(22)18-13/h3-6,8H,2,7H2,1H3,(H2,16,17,18,19,22). The van der Waals surface area contributed by atoms with Gasteiger partial charge in [-0.25, -0.2) is 9.97 Å². The SMILES string of the molecule is CCOC(=O)Cc1csc(Nc2nc(=S)[nH]c3ccccc23)n1. The Kier molecular flexibility index (Phi) is 4.63. The highest BCUT2D eigenvalue weighted by Gasteiger charge is 2.10. The number of hydrogen-bond donors (Lipinski definition) is 2. The van der Waals surface area contributed by atoms with E-state index in [1.165, 1.54) is 11.3 Å². The fourth-order valence-corrected chi connectivity index (χ4v) is 3.02. The Morgan fingerprint density at radius 2 is 2.22 bits per heavy atom. The summed E-state index contributed by atoms with van der Waals surface area (Å²) in [4.78, 5) is 23.2. The minimum Gasteiger partial charge on any atom is -0.466 e. The van der Waals surface area contributed by atoms with Crippen LogP contribution in [0.2, 0.25) is 0 Å². The average Bonchev–Trinajstić information content (AvgIpc) is 2.94. The number of hydrogen-bond acceptors (Lipinski definition) is 7. The lowest BCUT2D eigenvalue weighted by atomic mass is 10.2. The van der Waals surface area contributed by atoms with Gasteiger partial charge in [-0.15, -0.1) is 11.3 Å². The molecular formula is C15H14N4O2S2. The molecule has 0 aliphatic heterocycles. The summed E-state index contributed by atoms with van der Waals surface area (Å²) in [5.74, 6) is 0.358. The third-order valence-electron chi connectivity index (χ3n) is 3.04. The lowest BCUT2D eigenvalue weighted by Gasteiger charge is -2.06. The highest BCUT2D eigenvalue weighted by Crippen LogP contribution is 2.25. The number of nitrogens with zero attached hydrogens (tertiary/aromatic N) is 2. The van der Waals surface area contributed by atoms with E-state index in [9.17, 15) is 4.79 Å². The van der Waals surface area contributed by atoms with Crippen LogP contribution < -0.4 is 5.32 Å². The molecule has 0 radical (unpaired) electrons. The van der Waals surface area contributed by atoms with Crippen molar-refractivity contribution in [3.8, 4) is 0 Å². The van der Waals surface area contributed by atoms with Crippen LogP contribution in [0.3, 0.4) is 0 Å². The Morgan fingerprint density at radius 3 is 3.04 bits per heavy atom. The number of benzene rings is 1. The molecule has 6 nitrogen and oxygen atoms in total. The van der Waals surface area contributed by atoms with E-state index in [1.54, 1.807) is 6.92 Å². The maximum atomic E-state index is 11.5. The summed E-state index contributed by atoms with van der Waals surface area (Å²) in [6, 6.07) is 7.74. The Bertz CT molecular complexity index is 904. The maximum Gasteiger partial charge on any atom is 0.311 e. The molecular weight excluding hydrogens is 332 g/mol. The number of carbonyl (C=O) groups is 1. The van der Waals surface area contributed by atoms with Crippen LogP contribution >= 0.6 is 23.6 Å². The van der Waals surface area contributed by atoms with Gasteiger partial charge in [0.15, 0.2) is 9.90 Å². The van der Waals surface area contributed by atoms with Crippen molar-refractivity contribution in [1.82, 2.24) is 15.0 Å². The zero-order chi connectivity index (χ0) is 16.2. The number of fused-ring (bicyclic) bond motifs is 1. The molecule has 118 valence electrons. The monoisotopic (exact) mass is 346 g/mol. The van der Waals surface area contributed by atoms with Crippen LogP contribution in [0.25, 0.3) is 10.9 Å². The summed E-state index contributed by atoms with van der Waals surface area (Å²) in [7, 11) is 0. The quantitative estimate of drug-likeness (QED) is 0.543. The molecule has 0 bridgehead atoms. The summed E-state index contributed by atoms with van der Waals surface area (Å²) in [6.45, 7) is 2.15. The molecule has 0 saturated carbocycles.